The van der Waals surface area contributed by atoms with Gasteiger partial charge in [-0.25, -0.2) is 0 Å². The van der Waals surface area contributed by atoms with Crippen molar-refractivity contribution in [1.82, 2.24) is 15.1 Å². The molecular weight excluding hydrogens is 390 g/mol. The highest BCUT2D eigenvalue weighted by atomic mass is 35.5. The van der Waals surface area contributed by atoms with Crippen LogP contribution in [0.4, 0.5) is 0 Å². The molecule has 1 aliphatic carbocycles. The van der Waals surface area contributed by atoms with Gasteiger partial charge < -0.3 is 15.0 Å². The summed E-state index contributed by atoms with van der Waals surface area (Å²) in [5.74, 6) is 1.12. The first-order valence-corrected chi connectivity index (χ1v) is 10.7. The monoisotopic (exact) mass is 419 g/mol. The number of rotatable bonds is 7. The van der Waals surface area contributed by atoms with Crippen molar-refractivity contribution in [3.05, 3.63) is 34.9 Å². The standard InChI is InChI=1S/C22H30ClN3O3/c1-29-20-8-7-19(23)16-18(20)6-9-21(27)24-10-11-25-12-14-26(15-13-25)22(28)17-4-2-3-5-17/h6-9,16-17H,2-5,10-15H2,1H3,(H,24,27)/b9-6+. The van der Waals surface area contributed by atoms with Crippen LogP contribution in [-0.4, -0.2) is 68.0 Å². The van der Waals surface area contributed by atoms with Gasteiger partial charge in [0.15, 0.2) is 0 Å². The Morgan fingerprint density at radius 3 is 2.62 bits per heavy atom. The van der Waals surface area contributed by atoms with Gasteiger partial charge in [-0.2, -0.15) is 0 Å². The summed E-state index contributed by atoms with van der Waals surface area (Å²) in [6, 6.07) is 5.28. The smallest absolute Gasteiger partial charge is 0.244 e. The second kappa shape index (κ2) is 10.6. The molecule has 158 valence electrons. The SMILES string of the molecule is COc1ccc(Cl)cc1/C=C/C(=O)NCCN1CCN(C(=O)C2CCCC2)CC1. The van der Waals surface area contributed by atoms with E-state index < -0.39 is 0 Å². The van der Waals surface area contributed by atoms with Crippen molar-refractivity contribution < 1.29 is 14.3 Å². The van der Waals surface area contributed by atoms with E-state index in [2.05, 4.69) is 10.2 Å². The molecule has 0 radical (unpaired) electrons. The van der Waals surface area contributed by atoms with Crippen LogP contribution in [0.5, 0.6) is 5.75 Å². The zero-order chi connectivity index (χ0) is 20.6. The van der Waals surface area contributed by atoms with Crippen LogP contribution in [0.3, 0.4) is 0 Å². The second-order valence-corrected chi connectivity index (χ2v) is 8.10. The normalized spacial score (nSPS) is 18.3. The number of hydrogen-bond acceptors (Lipinski definition) is 4. The van der Waals surface area contributed by atoms with Gasteiger partial charge in [0.1, 0.15) is 5.75 Å². The molecule has 1 N–H and O–H groups in total. The van der Waals surface area contributed by atoms with E-state index in [1.54, 1.807) is 31.4 Å². The molecule has 2 amide bonds. The average molecular weight is 420 g/mol. The highest BCUT2D eigenvalue weighted by Gasteiger charge is 2.29. The predicted octanol–water partition coefficient (Wildman–Crippen LogP) is 2.81. The summed E-state index contributed by atoms with van der Waals surface area (Å²) in [6.45, 7) is 4.67. The van der Waals surface area contributed by atoms with Crippen LogP contribution < -0.4 is 10.1 Å². The van der Waals surface area contributed by atoms with E-state index >= 15 is 0 Å². The Hall–Kier alpha value is -2.05. The summed E-state index contributed by atoms with van der Waals surface area (Å²) in [4.78, 5) is 28.9. The van der Waals surface area contributed by atoms with Gasteiger partial charge in [-0.05, 0) is 37.1 Å². The molecule has 6 nitrogen and oxygen atoms in total. The molecule has 0 unspecified atom stereocenters. The van der Waals surface area contributed by atoms with Crippen molar-refractivity contribution in [3.8, 4) is 5.75 Å². The van der Waals surface area contributed by atoms with Crippen LogP contribution in [0.1, 0.15) is 31.2 Å². The molecule has 1 saturated carbocycles. The van der Waals surface area contributed by atoms with Crippen LogP contribution >= 0.6 is 11.6 Å². The molecule has 0 bridgehead atoms. The van der Waals surface area contributed by atoms with E-state index in [4.69, 9.17) is 16.3 Å². The van der Waals surface area contributed by atoms with E-state index in [9.17, 15) is 9.59 Å². The molecule has 1 aliphatic heterocycles. The van der Waals surface area contributed by atoms with Crippen molar-refractivity contribution in [2.45, 2.75) is 25.7 Å². The third-order valence-electron chi connectivity index (χ3n) is 5.72. The summed E-state index contributed by atoms with van der Waals surface area (Å²) in [7, 11) is 1.59. The lowest BCUT2D eigenvalue weighted by Crippen LogP contribution is -2.51. The Labute approximate surface area is 177 Å². The van der Waals surface area contributed by atoms with Gasteiger partial charge in [0.25, 0.3) is 0 Å². The molecule has 1 heterocycles. The molecule has 7 heteroatoms. The zero-order valence-electron chi connectivity index (χ0n) is 17.0. The summed E-state index contributed by atoms with van der Waals surface area (Å²) < 4.78 is 5.27. The van der Waals surface area contributed by atoms with Crippen LogP contribution in [0, 0.1) is 5.92 Å². The molecule has 1 saturated heterocycles. The number of carbonyl (C=O) groups is 2. The first-order valence-electron chi connectivity index (χ1n) is 10.4. The number of methoxy groups -OCH3 is 1. The fourth-order valence-corrected chi connectivity index (χ4v) is 4.20. The van der Waals surface area contributed by atoms with Gasteiger partial charge in [-0.1, -0.05) is 24.4 Å². The number of carbonyl (C=O) groups excluding carboxylic acids is 2. The molecular formula is C22H30ClN3O3. The molecule has 1 aromatic carbocycles. The Morgan fingerprint density at radius 1 is 1.21 bits per heavy atom. The first kappa shape index (κ1) is 21.7. The van der Waals surface area contributed by atoms with Gasteiger partial charge in [0, 0.05) is 61.8 Å². The average Bonchev–Trinajstić information content (AvgIpc) is 3.27. The summed E-state index contributed by atoms with van der Waals surface area (Å²) >= 11 is 6.01. The minimum absolute atomic E-state index is 0.151. The molecule has 29 heavy (non-hydrogen) atoms. The molecule has 0 spiro atoms. The minimum atomic E-state index is -0.151. The third-order valence-corrected chi connectivity index (χ3v) is 5.96. The summed E-state index contributed by atoms with van der Waals surface area (Å²) in [5.41, 5.74) is 0.762. The Bertz CT molecular complexity index is 739. The largest absolute Gasteiger partial charge is 0.496 e. The molecule has 2 aliphatic rings. The zero-order valence-corrected chi connectivity index (χ0v) is 17.8. The number of nitrogens with one attached hydrogen (secondary N) is 1. The molecule has 3 rings (SSSR count). The van der Waals surface area contributed by atoms with Crippen LogP contribution in [0.25, 0.3) is 6.08 Å². The first-order chi connectivity index (χ1) is 14.1. The quantitative estimate of drug-likeness (QED) is 0.690. The number of benzene rings is 1. The van der Waals surface area contributed by atoms with Gasteiger partial charge in [0.05, 0.1) is 7.11 Å². The summed E-state index contributed by atoms with van der Waals surface area (Å²) in [6.07, 6.45) is 7.68. The highest BCUT2D eigenvalue weighted by molar-refractivity contribution is 6.30. The van der Waals surface area contributed by atoms with Crippen LogP contribution in [0.2, 0.25) is 5.02 Å². The predicted molar refractivity (Wildman–Crippen MR) is 115 cm³/mol. The lowest BCUT2D eigenvalue weighted by atomic mass is 10.1. The lowest BCUT2D eigenvalue weighted by molar-refractivity contribution is -0.137. The third kappa shape index (κ3) is 6.21. The van der Waals surface area contributed by atoms with Gasteiger partial charge in [-0.3, -0.25) is 14.5 Å². The molecule has 1 aromatic rings. The number of amides is 2. The van der Waals surface area contributed by atoms with Gasteiger partial charge in [0.2, 0.25) is 11.8 Å². The summed E-state index contributed by atoms with van der Waals surface area (Å²) in [5, 5.41) is 3.50. The Balaban J connectivity index is 1.37. The topological polar surface area (TPSA) is 61.9 Å². The number of ether oxygens (including phenoxy) is 1. The van der Waals surface area contributed by atoms with Crippen LogP contribution in [0.15, 0.2) is 24.3 Å². The van der Waals surface area contributed by atoms with E-state index in [1.165, 1.54) is 18.9 Å². The Kier molecular flexibility index (Phi) is 7.95. The van der Waals surface area contributed by atoms with E-state index in [0.29, 0.717) is 23.2 Å². The van der Waals surface area contributed by atoms with E-state index in [0.717, 1.165) is 51.1 Å². The van der Waals surface area contributed by atoms with E-state index in [-0.39, 0.29) is 11.8 Å². The highest BCUT2D eigenvalue weighted by Crippen LogP contribution is 2.27. The van der Waals surface area contributed by atoms with Crippen molar-refractivity contribution in [2.75, 3.05) is 46.4 Å². The van der Waals surface area contributed by atoms with Gasteiger partial charge in [-0.15, -0.1) is 0 Å². The number of halogens is 1. The fourth-order valence-electron chi connectivity index (χ4n) is 4.02. The van der Waals surface area contributed by atoms with E-state index in [1.807, 2.05) is 4.90 Å². The van der Waals surface area contributed by atoms with Crippen LogP contribution in [-0.2, 0) is 9.59 Å². The number of piperazine rings is 1. The maximum absolute atomic E-state index is 12.5. The van der Waals surface area contributed by atoms with Crippen molar-refractivity contribution in [2.24, 2.45) is 5.92 Å². The molecule has 0 aromatic heterocycles. The van der Waals surface area contributed by atoms with Crippen molar-refractivity contribution in [3.63, 3.8) is 0 Å². The number of hydrogen-bond donors (Lipinski definition) is 1. The fraction of sp³-hybridized carbons (Fsp3) is 0.545. The van der Waals surface area contributed by atoms with Crippen molar-refractivity contribution >= 4 is 29.5 Å². The maximum Gasteiger partial charge on any atom is 0.244 e. The Morgan fingerprint density at radius 2 is 1.93 bits per heavy atom. The molecule has 2 fully saturated rings. The van der Waals surface area contributed by atoms with Crippen molar-refractivity contribution in [1.29, 1.82) is 0 Å². The number of nitrogens with zero attached hydrogens (tertiary/aromatic N) is 2. The molecule has 0 atom stereocenters. The lowest BCUT2D eigenvalue weighted by Gasteiger charge is -2.36. The second-order valence-electron chi connectivity index (χ2n) is 7.66. The maximum atomic E-state index is 12.5. The minimum Gasteiger partial charge on any atom is -0.496 e. The van der Waals surface area contributed by atoms with Gasteiger partial charge >= 0.3 is 0 Å².